The highest BCUT2D eigenvalue weighted by atomic mass is 79.9. The van der Waals surface area contributed by atoms with E-state index in [9.17, 15) is 8.42 Å². The van der Waals surface area contributed by atoms with Gasteiger partial charge in [0.2, 0.25) is 0 Å². The van der Waals surface area contributed by atoms with Gasteiger partial charge in [-0.25, -0.2) is 13.4 Å². The maximum atomic E-state index is 12.3. The normalized spacial score (nSPS) is 19.4. The molecule has 1 aromatic heterocycles. The summed E-state index contributed by atoms with van der Waals surface area (Å²) in [5.74, 6) is 0.610. The van der Waals surface area contributed by atoms with E-state index in [4.69, 9.17) is 0 Å². The minimum atomic E-state index is -3.40. The third kappa shape index (κ3) is 2.86. The summed E-state index contributed by atoms with van der Waals surface area (Å²) in [7, 11) is -3.40. The Balaban J connectivity index is 2.21. The molecule has 1 aliphatic rings. The molecule has 2 rings (SSSR count). The molecular weight excluding hydrogens is 304 g/mol. The molecule has 0 amide bonds. The Hall–Kier alpha value is -0.460. The van der Waals surface area contributed by atoms with E-state index >= 15 is 0 Å². The van der Waals surface area contributed by atoms with Crippen molar-refractivity contribution in [2.24, 2.45) is 5.92 Å². The van der Waals surface area contributed by atoms with Crippen LogP contribution in [-0.4, -0.2) is 30.8 Å². The molecule has 1 fully saturated rings. The van der Waals surface area contributed by atoms with Gasteiger partial charge < -0.3 is 0 Å². The summed E-state index contributed by atoms with van der Waals surface area (Å²) >= 11 is 3.25. The van der Waals surface area contributed by atoms with E-state index in [-0.39, 0.29) is 5.03 Å². The highest BCUT2D eigenvalue weighted by Gasteiger charge is 2.28. The number of nitrogens with zero attached hydrogens (tertiary/aromatic N) is 2. The van der Waals surface area contributed by atoms with Crippen molar-refractivity contribution < 1.29 is 8.42 Å². The molecule has 0 bridgehead atoms. The highest BCUT2D eigenvalue weighted by Crippen LogP contribution is 2.22. The third-order valence-corrected chi connectivity index (χ3v) is 5.33. The Kier molecular flexibility index (Phi) is 3.85. The number of hydrogen-bond donors (Lipinski definition) is 0. The average Bonchev–Trinajstić information content (AvgIpc) is 2.30. The quantitative estimate of drug-likeness (QED) is 0.840. The van der Waals surface area contributed by atoms with Crippen LogP contribution in [0.15, 0.2) is 27.8 Å². The van der Waals surface area contributed by atoms with Crippen molar-refractivity contribution in [2.45, 2.75) is 24.8 Å². The zero-order chi connectivity index (χ0) is 12.5. The van der Waals surface area contributed by atoms with E-state index in [2.05, 4.69) is 27.8 Å². The second-order valence-corrected chi connectivity index (χ2v) is 7.20. The highest BCUT2D eigenvalue weighted by molar-refractivity contribution is 9.10. The molecule has 94 valence electrons. The summed E-state index contributed by atoms with van der Waals surface area (Å²) in [6, 6.07) is 3.24. The molecule has 1 saturated heterocycles. The molecule has 0 N–H and O–H groups in total. The van der Waals surface area contributed by atoms with Gasteiger partial charge in [0.05, 0.1) is 0 Å². The first kappa shape index (κ1) is 13.0. The first-order valence-electron chi connectivity index (χ1n) is 5.62. The lowest BCUT2D eigenvalue weighted by Crippen LogP contribution is -2.38. The first-order valence-corrected chi connectivity index (χ1v) is 7.85. The molecule has 0 aliphatic carbocycles. The minimum absolute atomic E-state index is 0.134. The van der Waals surface area contributed by atoms with Crippen LogP contribution in [0.3, 0.4) is 0 Å². The van der Waals surface area contributed by atoms with Crippen LogP contribution in [0.1, 0.15) is 19.8 Å². The zero-order valence-electron chi connectivity index (χ0n) is 9.63. The van der Waals surface area contributed by atoms with Gasteiger partial charge in [-0.2, -0.15) is 4.31 Å². The van der Waals surface area contributed by atoms with Crippen molar-refractivity contribution in [2.75, 3.05) is 13.1 Å². The van der Waals surface area contributed by atoms with Crippen molar-refractivity contribution in [3.63, 3.8) is 0 Å². The molecule has 4 nitrogen and oxygen atoms in total. The Morgan fingerprint density at radius 3 is 2.53 bits per heavy atom. The van der Waals surface area contributed by atoms with Crippen molar-refractivity contribution in [1.82, 2.24) is 9.29 Å². The molecule has 0 atom stereocenters. The number of rotatable bonds is 2. The Morgan fingerprint density at radius 2 is 2.00 bits per heavy atom. The SMILES string of the molecule is CC1CCN(S(=O)(=O)c2ccc(Br)cn2)CC1. The largest absolute Gasteiger partial charge is 0.260 e. The summed E-state index contributed by atoms with van der Waals surface area (Å²) < 4.78 is 26.8. The molecule has 0 aromatic carbocycles. The summed E-state index contributed by atoms with van der Waals surface area (Å²) in [5, 5.41) is 0.134. The summed E-state index contributed by atoms with van der Waals surface area (Å²) in [6.07, 6.45) is 3.37. The second kappa shape index (κ2) is 5.04. The molecular formula is C11H15BrN2O2S. The third-order valence-electron chi connectivity index (χ3n) is 3.05. The smallest absolute Gasteiger partial charge is 0.242 e. The Morgan fingerprint density at radius 1 is 1.35 bits per heavy atom. The molecule has 0 saturated carbocycles. The molecule has 0 spiro atoms. The number of piperidine rings is 1. The predicted octanol–water partition coefficient (Wildman–Crippen LogP) is 2.26. The summed E-state index contributed by atoms with van der Waals surface area (Å²) in [5.41, 5.74) is 0. The Bertz CT molecular complexity index is 479. The van der Waals surface area contributed by atoms with Crippen LogP contribution in [0.2, 0.25) is 0 Å². The number of pyridine rings is 1. The lowest BCUT2D eigenvalue weighted by Gasteiger charge is -2.28. The summed E-state index contributed by atoms with van der Waals surface area (Å²) in [6.45, 7) is 3.35. The van der Waals surface area contributed by atoms with E-state index in [1.54, 1.807) is 6.07 Å². The second-order valence-electron chi connectivity index (χ2n) is 4.40. The average molecular weight is 319 g/mol. The van der Waals surface area contributed by atoms with E-state index in [0.29, 0.717) is 19.0 Å². The number of hydrogen-bond acceptors (Lipinski definition) is 3. The molecule has 6 heteroatoms. The monoisotopic (exact) mass is 318 g/mol. The number of aromatic nitrogens is 1. The van der Waals surface area contributed by atoms with Crippen LogP contribution < -0.4 is 0 Å². The molecule has 1 aliphatic heterocycles. The van der Waals surface area contributed by atoms with E-state index < -0.39 is 10.0 Å². The standard InChI is InChI=1S/C11H15BrN2O2S/c1-9-4-6-14(7-5-9)17(15,16)11-3-2-10(12)8-13-11/h2-3,8-9H,4-7H2,1H3. The van der Waals surface area contributed by atoms with Gasteiger partial charge in [-0.3, -0.25) is 0 Å². The molecule has 2 heterocycles. The lowest BCUT2D eigenvalue weighted by atomic mass is 10.0. The fraction of sp³-hybridized carbons (Fsp3) is 0.545. The van der Waals surface area contributed by atoms with Gasteiger partial charge in [0.15, 0.2) is 5.03 Å². The van der Waals surface area contributed by atoms with E-state index in [1.807, 2.05) is 0 Å². The van der Waals surface area contributed by atoms with Gasteiger partial charge in [-0.15, -0.1) is 0 Å². The van der Waals surface area contributed by atoms with Gasteiger partial charge in [0.1, 0.15) is 0 Å². The molecule has 17 heavy (non-hydrogen) atoms. The van der Waals surface area contributed by atoms with Crippen LogP contribution in [0.25, 0.3) is 0 Å². The van der Waals surface area contributed by atoms with Gasteiger partial charge >= 0.3 is 0 Å². The van der Waals surface area contributed by atoms with Gasteiger partial charge in [0.25, 0.3) is 10.0 Å². The maximum Gasteiger partial charge on any atom is 0.260 e. The summed E-state index contributed by atoms with van der Waals surface area (Å²) in [4.78, 5) is 3.97. The molecule has 0 radical (unpaired) electrons. The minimum Gasteiger partial charge on any atom is -0.242 e. The lowest BCUT2D eigenvalue weighted by molar-refractivity contribution is 0.287. The van der Waals surface area contributed by atoms with Crippen molar-refractivity contribution >= 4 is 26.0 Å². The van der Waals surface area contributed by atoms with Crippen LogP contribution in [0.5, 0.6) is 0 Å². The van der Waals surface area contributed by atoms with Gasteiger partial charge in [-0.1, -0.05) is 6.92 Å². The zero-order valence-corrected chi connectivity index (χ0v) is 12.0. The molecule has 1 aromatic rings. The topological polar surface area (TPSA) is 50.3 Å². The fourth-order valence-corrected chi connectivity index (χ4v) is 3.49. The van der Waals surface area contributed by atoms with Crippen LogP contribution >= 0.6 is 15.9 Å². The fourth-order valence-electron chi connectivity index (χ4n) is 1.87. The number of sulfonamides is 1. The van der Waals surface area contributed by atoms with Gasteiger partial charge in [-0.05, 0) is 46.8 Å². The van der Waals surface area contributed by atoms with Crippen LogP contribution in [0, 0.1) is 5.92 Å². The Labute approximate surface area is 110 Å². The van der Waals surface area contributed by atoms with Crippen molar-refractivity contribution in [3.8, 4) is 0 Å². The maximum absolute atomic E-state index is 12.3. The van der Waals surface area contributed by atoms with Crippen molar-refractivity contribution in [3.05, 3.63) is 22.8 Å². The van der Waals surface area contributed by atoms with Crippen LogP contribution in [-0.2, 0) is 10.0 Å². The van der Waals surface area contributed by atoms with Crippen molar-refractivity contribution in [1.29, 1.82) is 0 Å². The van der Waals surface area contributed by atoms with Crippen LogP contribution in [0.4, 0.5) is 0 Å². The van der Waals surface area contributed by atoms with E-state index in [1.165, 1.54) is 16.6 Å². The molecule has 0 unspecified atom stereocenters. The first-order chi connectivity index (χ1) is 8.00. The van der Waals surface area contributed by atoms with Gasteiger partial charge in [0, 0.05) is 23.8 Å². The van der Waals surface area contributed by atoms with E-state index in [0.717, 1.165) is 17.3 Å². The number of halogens is 1. The predicted molar refractivity (Wildman–Crippen MR) is 69.1 cm³/mol.